The molecule has 0 aliphatic carbocycles. The first-order valence-electron chi connectivity index (χ1n) is 9.97. The molecule has 4 rings (SSSR count). The number of pyridine rings is 1. The van der Waals surface area contributed by atoms with Crippen LogP contribution < -0.4 is 0 Å². The summed E-state index contributed by atoms with van der Waals surface area (Å²) in [5.41, 5.74) is 2.18. The Morgan fingerprint density at radius 3 is 2.86 bits per heavy atom. The fraction of sp³-hybridized carbons (Fsp3) is 0.409. The SMILES string of the molecule is Clc1ccccc1Cc1noc(CN2CCCC[C@@H]2CCc2ccccn2)n1. The number of benzene rings is 1. The third-order valence-electron chi connectivity index (χ3n) is 5.36. The molecule has 1 atom stereocenters. The zero-order chi connectivity index (χ0) is 19.2. The molecule has 0 amide bonds. The topological polar surface area (TPSA) is 55.1 Å². The molecule has 0 bridgehead atoms. The first kappa shape index (κ1) is 19.1. The molecule has 3 heterocycles. The normalized spacial score (nSPS) is 17.7. The van der Waals surface area contributed by atoms with Crippen molar-refractivity contribution >= 4 is 11.6 Å². The quantitative estimate of drug-likeness (QED) is 0.579. The monoisotopic (exact) mass is 396 g/mol. The van der Waals surface area contributed by atoms with Gasteiger partial charge in [0.15, 0.2) is 5.82 Å². The third kappa shape index (κ3) is 4.97. The van der Waals surface area contributed by atoms with Gasteiger partial charge in [0.1, 0.15) is 0 Å². The van der Waals surface area contributed by atoms with Crippen LogP contribution in [0, 0.1) is 0 Å². The summed E-state index contributed by atoms with van der Waals surface area (Å²) in [7, 11) is 0. The molecule has 1 saturated heterocycles. The predicted molar refractivity (Wildman–Crippen MR) is 109 cm³/mol. The van der Waals surface area contributed by atoms with Crippen LogP contribution in [-0.2, 0) is 19.4 Å². The van der Waals surface area contributed by atoms with E-state index < -0.39 is 0 Å². The minimum absolute atomic E-state index is 0.537. The molecule has 6 heteroatoms. The Morgan fingerprint density at radius 1 is 1.11 bits per heavy atom. The highest BCUT2D eigenvalue weighted by atomic mass is 35.5. The molecule has 3 aromatic rings. The summed E-state index contributed by atoms with van der Waals surface area (Å²) in [4.78, 5) is 11.5. The maximum atomic E-state index is 6.24. The highest BCUT2D eigenvalue weighted by Crippen LogP contribution is 2.23. The number of hydrogen-bond donors (Lipinski definition) is 0. The highest BCUT2D eigenvalue weighted by Gasteiger charge is 2.24. The zero-order valence-corrected chi connectivity index (χ0v) is 16.7. The van der Waals surface area contributed by atoms with Gasteiger partial charge in [0, 0.05) is 29.4 Å². The highest BCUT2D eigenvalue weighted by molar-refractivity contribution is 6.31. The van der Waals surface area contributed by atoms with E-state index in [0.717, 1.165) is 35.7 Å². The van der Waals surface area contributed by atoms with Crippen LogP contribution in [0.4, 0.5) is 0 Å². The predicted octanol–water partition coefficient (Wildman–Crippen LogP) is 4.70. The van der Waals surface area contributed by atoms with E-state index in [4.69, 9.17) is 16.1 Å². The molecular weight excluding hydrogens is 372 g/mol. The Bertz CT molecular complexity index is 883. The molecule has 0 radical (unpaired) electrons. The number of rotatable bonds is 7. The number of likely N-dealkylation sites (tertiary alicyclic amines) is 1. The van der Waals surface area contributed by atoms with Gasteiger partial charge in [-0.05, 0) is 56.0 Å². The van der Waals surface area contributed by atoms with Crippen molar-refractivity contribution in [1.82, 2.24) is 20.0 Å². The van der Waals surface area contributed by atoms with Gasteiger partial charge < -0.3 is 4.52 Å². The molecule has 0 unspecified atom stereocenters. The Labute approximate surface area is 170 Å². The number of nitrogens with zero attached hydrogens (tertiary/aromatic N) is 4. The van der Waals surface area contributed by atoms with E-state index in [9.17, 15) is 0 Å². The van der Waals surface area contributed by atoms with E-state index in [0.29, 0.717) is 30.7 Å². The average Bonchev–Trinajstić information content (AvgIpc) is 3.17. The largest absolute Gasteiger partial charge is 0.338 e. The fourth-order valence-corrected chi connectivity index (χ4v) is 4.07. The standard InChI is InChI=1S/C22H25ClN4O/c23-20-10-2-1-7-17(20)15-21-25-22(28-26-21)16-27-14-6-4-9-19(27)12-11-18-8-3-5-13-24-18/h1-3,5,7-8,10,13,19H,4,6,9,11-12,14-16H2/t19-/m1/s1. The molecule has 0 N–H and O–H groups in total. The zero-order valence-electron chi connectivity index (χ0n) is 15.9. The van der Waals surface area contributed by atoms with Gasteiger partial charge in [0.05, 0.1) is 6.54 Å². The maximum absolute atomic E-state index is 6.24. The maximum Gasteiger partial charge on any atom is 0.240 e. The number of piperidine rings is 1. The van der Waals surface area contributed by atoms with Crippen molar-refractivity contribution in [2.24, 2.45) is 0 Å². The van der Waals surface area contributed by atoms with Crippen molar-refractivity contribution in [2.75, 3.05) is 6.54 Å². The van der Waals surface area contributed by atoms with Gasteiger partial charge >= 0.3 is 0 Å². The van der Waals surface area contributed by atoms with E-state index >= 15 is 0 Å². The molecule has 2 aromatic heterocycles. The summed E-state index contributed by atoms with van der Waals surface area (Å²) in [6.45, 7) is 1.79. The van der Waals surface area contributed by atoms with Crippen LogP contribution in [0.5, 0.6) is 0 Å². The van der Waals surface area contributed by atoms with E-state index in [1.165, 1.54) is 19.3 Å². The van der Waals surface area contributed by atoms with E-state index in [-0.39, 0.29) is 0 Å². The van der Waals surface area contributed by atoms with Gasteiger partial charge in [-0.3, -0.25) is 9.88 Å². The first-order valence-corrected chi connectivity index (χ1v) is 10.3. The summed E-state index contributed by atoms with van der Waals surface area (Å²) in [5.74, 6) is 1.37. The number of halogens is 1. The summed E-state index contributed by atoms with van der Waals surface area (Å²) >= 11 is 6.24. The van der Waals surface area contributed by atoms with Gasteiger partial charge in [-0.25, -0.2) is 0 Å². The van der Waals surface area contributed by atoms with Crippen LogP contribution in [-0.4, -0.2) is 32.6 Å². The Kier molecular flexibility index (Phi) is 6.34. The van der Waals surface area contributed by atoms with Gasteiger partial charge in [-0.15, -0.1) is 0 Å². The van der Waals surface area contributed by atoms with Crippen LogP contribution in [0.3, 0.4) is 0 Å². The molecule has 1 fully saturated rings. The molecule has 1 aromatic carbocycles. The minimum Gasteiger partial charge on any atom is -0.338 e. The second-order valence-corrected chi connectivity index (χ2v) is 7.76. The molecule has 0 spiro atoms. The molecule has 28 heavy (non-hydrogen) atoms. The van der Waals surface area contributed by atoms with Gasteiger partial charge in [0.2, 0.25) is 5.89 Å². The number of aryl methyl sites for hydroxylation is 1. The Balaban J connectivity index is 1.36. The summed E-state index contributed by atoms with van der Waals surface area (Å²) in [6.07, 6.45) is 8.29. The van der Waals surface area contributed by atoms with Crippen LogP contribution in [0.1, 0.15) is 48.7 Å². The van der Waals surface area contributed by atoms with Crippen LogP contribution in [0.2, 0.25) is 5.02 Å². The molecular formula is C22H25ClN4O. The van der Waals surface area contributed by atoms with Crippen molar-refractivity contribution in [3.63, 3.8) is 0 Å². The Hall–Kier alpha value is -2.24. The van der Waals surface area contributed by atoms with Gasteiger partial charge in [0.25, 0.3) is 0 Å². The lowest BCUT2D eigenvalue weighted by Gasteiger charge is -2.34. The number of aromatic nitrogens is 3. The second-order valence-electron chi connectivity index (χ2n) is 7.35. The van der Waals surface area contributed by atoms with Crippen molar-refractivity contribution < 1.29 is 4.52 Å². The lowest BCUT2D eigenvalue weighted by molar-refractivity contribution is 0.117. The van der Waals surface area contributed by atoms with Crippen molar-refractivity contribution in [1.29, 1.82) is 0 Å². The van der Waals surface area contributed by atoms with Crippen molar-refractivity contribution in [3.8, 4) is 0 Å². The van der Waals surface area contributed by atoms with E-state index in [1.54, 1.807) is 0 Å². The average molecular weight is 397 g/mol. The summed E-state index contributed by atoms with van der Waals surface area (Å²) in [6, 6.07) is 14.4. The van der Waals surface area contributed by atoms with Gasteiger partial charge in [-0.1, -0.05) is 47.4 Å². The lowest BCUT2D eigenvalue weighted by atomic mass is 9.97. The second kappa shape index (κ2) is 9.30. The van der Waals surface area contributed by atoms with Crippen molar-refractivity contribution in [2.45, 2.75) is 51.1 Å². The third-order valence-corrected chi connectivity index (χ3v) is 5.73. The lowest BCUT2D eigenvalue weighted by Crippen LogP contribution is -2.39. The first-order chi connectivity index (χ1) is 13.8. The fourth-order valence-electron chi connectivity index (χ4n) is 3.87. The molecule has 5 nitrogen and oxygen atoms in total. The molecule has 0 saturated carbocycles. The minimum atomic E-state index is 0.537. The molecule has 1 aliphatic rings. The smallest absolute Gasteiger partial charge is 0.240 e. The summed E-state index contributed by atoms with van der Waals surface area (Å²) in [5, 5.41) is 4.89. The van der Waals surface area contributed by atoms with Gasteiger partial charge in [-0.2, -0.15) is 4.98 Å². The summed E-state index contributed by atoms with van der Waals surface area (Å²) < 4.78 is 5.53. The number of hydrogen-bond acceptors (Lipinski definition) is 5. The Morgan fingerprint density at radius 2 is 2.00 bits per heavy atom. The van der Waals surface area contributed by atoms with Crippen molar-refractivity contribution in [3.05, 3.63) is 76.7 Å². The van der Waals surface area contributed by atoms with Crippen LogP contribution in [0.15, 0.2) is 53.2 Å². The molecule has 1 aliphatic heterocycles. The van der Waals surface area contributed by atoms with E-state index in [1.807, 2.05) is 36.5 Å². The molecule has 146 valence electrons. The van der Waals surface area contributed by atoms with Crippen LogP contribution >= 0.6 is 11.6 Å². The van der Waals surface area contributed by atoms with Crippen LogP contribution in [0.25, 0.3) is 0 Å². The van der Waals surface area contributed by atoms with E-state index in [2.05, 4.69) is 32.2 Å².